The van der Waals surface area contributed by atoms with Crippen LogP contribution in [0.3, 0.4) is 0 Å². The first-order valence-electron chi connectivity index (χ1n) is 5.31. The molecule has 0 radical (unpaired) electrons. The number of hydrogen-bond acceptors (Lipinski definition) is 2. The van der Waals surface area contributed by atoms with Gasteiger partial charge in [-0.15, -0.1) is 0 Å². The van der Waals surface area contributed by atoms with Crippen molar-refractivity contribution in [3.05, 3.63) is 35.9 Å². The van der Waals surface area contributed by atoms with E-state index in [4.69, 9.17) is 11.5 Å². The smallest absolute Gasteiger partial charge is 0.0448 e. The Morgan fingerprint density at radius 2 is 1.79 bits per heavy atom. The third-order valence-corrected chi connectivity index (χ3v) is 2.54. The Kier molecular flexibility index (Phi) is 4.63. The molecule has 0 bridgehead atoms. The summed E-state index contributed by atoms with van der Waals surface area (Å²) >= 11 is 0. The van der Waals surface area contributed by atoms with Crippen molar-refractivity contribution in [3.63, 3.8) is 0 Å². The summed E-state index contributed by atoms with van der Waals surface area (Å²) in [6.07, 6.45) is 3.34. The van der Waals surface area contributed by atoms with Gasteiger partial charge in [-0.05, 0) is 12.0 Å². The average molecular weight is 192 g/mol. The van der Waals surface area contributed by atoms with Crippen LogP contribution in [0.4, 0.5) is 0 Å². The highest BCUT2D eigenvalue weighted by Gasteiger charge is 2.13. The second-order valence-electron chi connectivity index (χ2n) is 3.74. The maximum atomic E-state index is 6.05. The molecule has 1 rings (SSSR count). The Morgan fingerprint density at radius 1 is 1.14 bits per heavy atom. The van der Waals surface area contributed by atoms with E-state index in [9.17, 15) is 0 Å². The Balaban J connectivity index is 2.52. The zero-order valence-electron chi connectivity index (χ0n) is 8.82. The zero-order chi connectivity index (χ0) is 10.4. The Bertz CT molecular complexity index is 246. The summed E-state index contributed by atoms with van der Waals surface area (Å²) < 4.78 is 0. The molecule has 2 heteroatoms. The molecule has 0 fully saturated rings. The highest BCUT2D eigenvalue weighted by molar-refractivity contribution is 5.19. The van der Waals surface area contributed by atoms with E-state index < -0.39 is 0 Å². The molecule has 1 aromatic rings. The Morgan fingerprint density at radius 3 is 2.36 bits per heavy atom. The summed E-state index contributed by atoms with van der Waals surface area (Å²) in [5.74, 6) is 0. The van der Waals surface area contributed by atoms with Gasteiger partial charge < -0.3 is 11.5 Å². The maximum Gasteiger partial charge on any atom is 0.0448 e. The van der Waals surface area contributed by atoms with Crippen LogP contribution in [0.1, 0.15) is 37.8 Å². The molecule has 2 unspecified atom stereocenters. The predicted molar refractivity (Wildman–Crippen MR) is 60.9 cm³/mol. The largest absolute Gasteiger partial charge is 0.326 e. The molecule has 4 N–H and O–H groups in total. The lowest BCUT2D eigenvalue weighted by Crippen LogP contribution is -2.33. The van der Waals surface area contributed by atoms with Gasteiger partial charge in [0.25, 0.3) is 0 Å². The van der Waals surface area contributed by atoms with Crippen LogP contribution in [0.15, 0.2) is 30.3 Å². The minimum Gasteiger partial charge on any atom is -0.326 e. The molecule has 0 aliphatic heterocycles. The van der Waals surface area contributed by atoms with Crippen molar-refractivity contribution in [2.75, 3.05) is 0 Å². The van der Waals surface area contributed by atoms with Crippen molar-refractivity contribution in [3.8, 4) is 0 Å². The third-order valence-electron chi connectivity index (χ3n) is 2.54. The molecule has 0 saturated heterocycles. The van der Waals surface area contributed by atoms with E-state index in [0.29, 0.717) is 0 Å². The van der Waals surface area contributed by atoms with Crippen molar-refractivity contribution >= 4 is 0 Å². The fraction of sp³-hybridized carbons (Fsp3) is 0.500. The van der Waals surface area contributed by atoms with Crippen LogP contribution >= 0.6 is 0 Å². The first kappa shape index (κ1) is 11.2. The van der Waals surface area contributed by atoms with Gasteiger partial charge in [0.05, 0.1) is 0 Å². The van der Waals surface area contributed by atoms with Crippen molar-refractivity contribution in [1.82, 2.24) is 0 Å². The van der Waals surface area contributed by atoms with E-state index in [1.807, 2.05) is 30.3 Å². The summed E-state index contributed by atoms with van der Waals surface area (Å²) in [6, 6.07) is 10.1. The standard InChI is InChI=1S/C12H20N2/c1-2-3-9-11(13)12(14)10-7-5-4-6-8-10/h4-8,11-12H,2-3,9,13-14H2,1H3. The first-order chi connectivity index (χ1) is 6.75. The van der Waals surface area contributed by atoms with Gasteiger partial charge in [0.2, 0.25) is 0 Å². The van der Waals surface area contributed by atoms with E-state index in [1.165, 1.54) is 6.42 Å². The molecule has 0 aliphatic carbocycles. The quantitative estimate of drug-likeness (QED) is 0.751. The fourth-order valence-electron chi connectivity index (χ4n) is 1.54. The fourth-order valence-corrected chi connectivity index (χ4v) is 1.54. The van der Waals surface area contributed by atoms with Crippen LogP contribution in [-0.4, -0.2) is 6.04 Å². The Hall–Kier alpha value is -0.860. The van der Waals surface area contributed by atoms with E-state index >= 15 is 0 Å². The molecule has 1 aromatic carbocycles. The minimum atomic E-state index is -0.0252. The summed E-state index contributed by atoms with van der Waals surface area (Å²) in [6.45, 7) is 2.17. The molecule has 0 amide bonds. The van der Waals surface area contributed by atoms with Crippen LogP contribution in [0, 0.1) is 0 Å². The van der Waals surface area contributed by atoms with Crippen molar-refractivity contribution < 1.29 is 0 Å². The number of hydrogen-bond donors (Lipinski definition) is 2. The van der Waals surface area contributed by atoms with Crippen molar-refractivity contribution in [2.24, 2.45) is 11.5 Å². The molecule has 0 spiro atoms. The lowest BCUT2D eigenvalue weighted by atomic mass is 9.97. The Labute approximate surface area is 86.3 Å². The monoisotopic (exact) mass is 192 g/mol. The highest BCUT2D eigenvalue weighted by Crippen LogP contribution is 2.15. The molecule has 0 aliphatic rings. The lowest BCUT2D eigenvalue weighted by molar-refractivity contribution is 0.493. The molecule has 2 nitrogen and oxygen atoms in total. The van der Waals surface area contributed by atoms with Gasteiger partial charge >= 0.3 is 0 Å². The van der Waals surface area contributed by atoms with Gasteiger partial charge in [-0.3, -0.25) is 0 Å². The van der Waals surface area contributed by atoms with E-state index in [1.54, 1.807) is 0 Å². The maximum absolute atomic E-state index is 6.05. The van der Waals surface area contributed by atoms with Gasteiger partial charge in [-0.2, -0.15) is 0 Å². The van der Waals surface area contributed by atoms with E-state index in [2.05, 4.69) is 6.92 Å². The minimum absolute atomic E-state index is 0.0252. The molecule has 0 saturated carbocycles. The van der Waals surface area contributed by atoms with Gasteiger partial charge in [-0.25, -0.2) is 0 Å². The van der Waals surface area contributed by atoms with Crippen molar-refractivity contribution in [2.45, 2.75) is 38.3 Å². The SMILES string of the molecule is CCCCC(N)C(N)c1ccccc1. The average Bonchev–Trinajstić information content (AvgIpc) is 2.26. The lowest BCUT2D eigenvalue weighted by Gasteiger charge is -2.19. The van der Waals surface area contributed by atoms with Gasteiger partial charge in [0.15, 0.2) is 0 Å². The highest BCUT2D eigenvalue weighted by atomic mass is 14.8. The predicted octanol–water partition coefficient (Wildman–Crippen LogP) is 2.20. The molecule has 0 aromatic heterocycles. The molecular weight excluding hydrogens is 172 g/mol. The molecule has 2 atom stereocenters. The number of rotatable bonds is 5. The third kappa shape index (κ3) is 3.13. The molecule has 14 heavy (non-hydrogen) atoms. The number of nitrogens with two attached hydrogens (primary N) is 2. The van der Waals surface area contributed by atoms with Gasteiger partial charge in [-0.1, -0.05) is 50.1 Å². The van der Waals surface area contributed by atoms with E-state index in [0.717, 1.165) is 18.4 Å². The van der Waals surface area contributed by atoms with Crippen LogP contribution in [0.2, 0.25) is 0 Å². The summed E-state index contributed by atoms with van der Waals surface area (Å²) in [7, 11) is 0. The summed E-state index contributed by atoms with van der Waals surface area (Å²) in [5, 5.41) is 0. The second kappa shape index (κ2) is 5.78. The zero-order valence-corrected chi connectivity index (χ0v) is 8.82. The topological polar surface area (TPSA) is 52.0 Å². The van der Waals surface area contributed by atoms with E-state index in [-0.39, 0.29) is 12.1 Å². The number of unbranched alkanes of at least 4 members (excludes halogenated alkanes) is 1. The number of benzene rings is 1. The van der Waals surface area contributed by atoms with Crippen LogP contribution in [0.5, 0.6) is 0 Å². The molecule has 0 heterocycles. The van der Waals surface area contributed by atoms with Crippen molar-refractivity contribution in [1.29, 1.82) is 0 Å². The van der Waals surface area contributed by atoms with Crippen LogP contribution < -0.4 is 11.5 Å². The van der Waals surface area contributed by atoms with Crippen LogP contribution in [0.25, 0.3) is 0 Å². The van der Waals surface area contributed by atoms with Gasteiger partial charge in [0.1, 0.15) is 0 Å². The first-order valence-corrected chi connectivity index (χ1v) is 5.31. The molecule has 78 valence electrons. The van der Waals surface area contributed by atoms with Gasteiger partial charge in [0, 0.05) is 12.1 Å². The normalized spacial score (nSPS) is 15.1. The van der Waals surface area contributed by atoms with Crippen LogP contribution in [-0.2, 0) is 0 Å². The molecular formula is C12H20N2. The summed E-state index contributed by atoms with van der Waals surface area (Å²) in [5.41, 5.74) is 13.2. The second-order valence-corrected chi connectivity index (χ2v) is 3.74. The summed E-state index contributed by atoms with van der Waals surface area (Å²) in [4.78, 5) is 0.